The number of benzene rings is 3. The van der Waals surface area contributed by atoms with E-state index in [0.29, 0.717) is 28.1 Å². The highest BCUT2D eigenvalue weighted by molar-refractivity contribution is 7.99. The van der Waals surface area contributed by atoms with Gasteiger partial charge in [-0.2, -0.15) is 5.10 Å². The Hall–Kier alpha value is -4.57. The molecular weight excluding hydrogens is 474 g/mol. The fraction of sp³-hybridized carbons (Fsp3) is 0.0769. The molecule has 0 fully saturated rings. The van der Waals surface area contributed by atoms with Crippen molar-refractivity contribution in [1.29, 1.82) is 0 Å². The number of methoxy groups -OCH3 is 1. The number of hydrogen-bond donors (Lipinski definition) is 2. The summed E-state index contributed by atoms with van der Waals surface area (Å²) in [4.78, 5) is 12.9. The Labute approximate surface area is 211 Å². The maximum absolute atomic E-state index is 12.9. The Kier molecular flexibility index (Phi) is 6.67. The molecule has 1 amide bonds. The first-order chi connectivity index (χ1) is 17.6. The minimum atomic E-state index is -0.224. The highest BCUT2D eigenvalue weighted by atomic mass is 32.2. The summed E-state index contributed by atoms with van der Waals surface area (Å²) in [6.07, 6.45) is 0. The standard InChI is InChI=1S/C26H23N7O2S/c1-35-22-15-9-8-14-20(22)25-29-30-26(32(25)27)36-17-24(34)28-23-16-21(18-10-4-2-5-11-18)31-33(23)19-12-6-3-7-13-19/h2-16H,17,27H2,1H3,(H,28,34). The molecule has 10 heteroatoms. The number of ether oxygens (including phenoxy) is 1. The Morgan fingerprint density at radius 2 is 1.67 bits per heavy atom. The van der Waals surface area contributed by atoms with Crippen LogP contribution in [0.5, 0.6) is 5.75 Å². The number of nitrogen functional groups attached to an aromatic ring is 1. The summed E-state index contributed by atoms with van der Waals surface area (Å²) >= 11 is 1.19. The lowest BCUT2D eigenvalue weighted by atomic mass is 10.2. The zero-order valence-electron chi connectivity index (χ0n) is 19.4. The molecule has 3 N–H and O–H groups in total. The van der Waals surface area contributed by atoms with Gasteiger partial charge in [-0.05, 0) is 24.3 Å². The second kappa shape index (κ2) is 10.4. The molecule has 0 atom stereocenters. The molecule has 9 nitrogen and oxygen atoms in total. The molecule has 5 aromatic rings. The van der Waals surface area contributed by atoms with Crippen molar-refractivity contribution in [2.24, 2.45) is 0 Å². The number of carbonyl (C=O) groups is 1. The molecule has 3 aromatic carbocycles. The second-order valence-electron chi connectivity index (χ2n) is 7.74. The number of rotatable bonds is 8. The van der Waals surface area contributed by atoms with E-state index in [9.17, 15) is 4.79 Å². The van der Waals surface area contributed by atoms with Crippen molar-refractivity contribution < 1.29 is 9.53 Å². The van der Waals surface area contributed by atoms with Gasteiger partial charge in [-0.3, -0.25) is 4.79 Å². The molecule has 36 heavy (non-hydrogen) atoms. The molecule has 0 radical (unpaired) electrons. The predicted molar refractivity (Wildman–Crippen MR) is 141 cm³/mol. The zero-order chi connectivity index (χ0) is 24.9. The largest absolute Gasteiger partial charge is 0.496 e. The van der Waals surface area contributed by atoms with Gasteiger partial charge in [-0.25, -0.2) is 9.36 Å². The van der Waals surface area contributed by atoms with Crippen LogP contribution in [0.4, 0.5) is 5.82 Å². The molecule has 0 aliphatic carbocycles. The lowest BCUT2D eigenvalue weighted by Crippen LogP contribution is -2.18. The number of amides is 1. The first kappa shape index (κ1) is 23.2. The van der Waals surface area contributed by atoms with Gasteiger partial charge in [-0.1, -0.05) is 72.4 Å². The van der Waals surface area contributed by atoms with Crippen LogP contribution in [-0.2, 0) is 4.79 Å². The van der Waals surface area contributed by atoms with Gasteiger partial charge >= 0.3 is 0 Å². The third-order valence-electron chi connectivity index (χ3n) is 5.39. The lowest BCUT2D eigenvalue weighted by molar-refractivity contribution is -0.113. The van der Waals surface area contributed by atoms with E-state index in [1.54, 1.807) is 11.8 Å². The fourth-order valence-electron chi connectivity index (χ4n) is 3.68. The Morgan fingerprint density at radius 1 is 0.972 bits per heavy atom. The monoisotopic (exact) mass is 497 g/mol. The second-order valence-corrected chi connectivity index (χ2v) is 8.68. The van der Waals surface area contributed by atoms with Crippen LogP contribution >= 0.6 is 11.8 Å². The van der Waals surface area contributed by atoms with E-state index in [0.717, 1.165) is 16.9 Å². The van der Waals surface area contributed by atoms with E-state index < -0.39 is 0 Å². The van der Waals surface area contributed by atoms with E-state index >= 15 is 0 Å². The third-order valence-corrected chi connectivity index (χ3v) is 6.34. The number of hydrogen-bond acceptors (Lipinski definition) is 7. The average molecular weight is 498 g/mol. The highest BCUT2D eigenvalue weighted by Gasteiger charge is 2.18. The molecule has 0 spiro atoms. The maximum Gasteiger partial charge on any atom is 0.236 e. The summed E-state index contributed by atoms with van der Waals surface area (Å²) < 4.78 is 8.47. The number of anilines is 1. The van der Waals surface area contributed by atoms with Crippen molar-refractivity contribution in [2.75, 3.05) is 24.0 Å². The quantitative estimate of drug-likeness (QED) is 0.243. The molecule has 0 bridgehead atoms. The number of nitrogens with zero attached hydrogens (tertiary/aromatic N) is 5. The van der Waals surface area contributed by atoms with Gasteiger partial charge < -0.3 is 15.9 Å². The van der Waals surface area contributed by atoms with Crippen LogP contribution < -0.4 is 15.9 Å². The minimum absolute atomic E-state index is 0.0852. The van der Waals surface area contributed by atoms with Crippen LogP contribution in [0.1, 0.15) is 0 Å². The van der Waals surface area contributed by atoms with Gasteiger partial charge in [0.2, 0.25) is 11.1 Å². The van der Waals surface area contributed by atoms with Gasteiger partial charge in [0.25, 0.3) is 0 Å². The number of para-hydroxylation sites is 2. The van der Waals surface area contributed by atoms with Crippen LogP contribution in [0.15, 0.2) is 96.2 Å². The van der Waals surface area contributed by atoms with E-state index in [4.69, 9.17) is 15.7 Å². The van der Waals surface area contributed by atoms with E-state index in [1.807, 2.05) is 91.0 Å². The van der Waals surface area contributed by atoms with Crippen molar-refractivity contribution in [1.82, 2.24) is 24.7 Å². The topological polar surface area (TPSA) is 113 Å². The van der Waals surface area contributed by atoms with E-state index in [2.05, 4.69) is 15.5 Å². The molecule has 5 rings (SSSR count). The third kappa shape index (κ3) is 4.80. The van der Waals surface area contributed by atoms with Crippen LogP contribution in [-0.4, -0.2) is 43.4 Å². The summed E-state index contributed by atoms with van der Waals surface area (Å²) in [6, 6.07) is 28.7. The predicted octanol–water partition coefficient (Wildman–Crippen LogP) is 4.25. The minimum Gasteiger partial charge on any atom is -0.496 e. The highest BCUT2D eigenvalue weighted by Crippen LogP contribution is 2.30. The van der Waals surface area contributed by atoms with Crippen molar-refractivity contribution in [3.05, 3.63) is 91.0 Å². The Morgan fingerprint density at radius 3 is 2.42 bits per heavy atom. The number of nitrogens with two attached hydrogens (primary N) is 1. The molecule has 0 saturated carbocycles. The molecule has 2 aromatic heterocycles. The maximum atomic E-state index is 12.9. The molecule has 0 aliphatic heterocycles. The summed E-state index contributed by atoms with van der Waals surface area (Å²) in [6.45, 7) is 0. The van der Waals surface area contributed by atoms with Gasteiger partial charge in [0.1, 0.15) is 11.6 Å². The van der Waals surface area contributed by atoms with Crippen LogP contribution in [0.25, 0.3) is 28.3 Å². The fourth-order valence-corrected chi connectivity index (χ4v) is 4.34. The number of thioether (sulfide) groups is 1. The van der Waals surface area contributed by atoms with Crippen LogP contribution in [0.2, 0.25) is 0 Å². The summed E-state index contributed by atoms with van der Waals surface area (Å²) in [5.41, 5.74) is 3.26. The first-order valence-corrected chi connectivity index (χ1v) is 12.1. The van der Waals surface area contributed by atoms with Gasteiger partial charge in [0, 0.05) is 11.6 Å². The van der Waals surface area contributed by atoms with Crippen molar-refractivity contribution in [3.63, 3.8) is 0 Å². The van der Waals surface area contributed by atoms with Crippen molar-refractivity contribution >= 4 is 23.5 Å². The smallest absolute Gasteiger partial charge is 0.236 e. The molecular formula is C26H23N7O2S. The molecule has 2 heterocycles. The van der Waals surface area contributed by atoms with Gasteiger partial charge in [0.15, 0.2) is 5.82 Å². The van der Waals surface area contributed by atoms with E-state index in [-0.39, 0.29) is 11.7 Å². The SMILES string of the molecule is COc1ccccc1-c1nnc(SCC(=O)Nc2cc(-c3ccccc3)nn2-c2ccccc2)n1N. The van der Waals surface area contributed by atoms with Crippen molar-refractivity contribution in [2.45, 2.75) is 5.16 Å². The Bertz CT molecular complexity index is 1480. The summed E-state index contributed by atoms with van der Waals surface area (Å²) in [7, 11) is 1.58. The van der Waals surface area contributed by atoms with E-state index in [1.165, 1.54) is 16.4 Å². The molecule has 0 saturated heterocycles. The normalized spacial score (nSPS) is 10.8. The first-order valence-electron chi connectivity index (χ1n) is 11.1. The number of carbonyl (C=O) groups excluding carboxylic acids is 1. The number of aromatic nitrogens is 5. The Balaban J connectivity index is 1.34. The van der Waals surface area contributed by atoms with Crippen LogP contribution in [0.3, 0.4) is 0 Å². The summed E-state index contributed by atoms with van der Waals surface area (Å²) in [5.74, 6) is 7.74. The zero-order valence-corrected chi connectivity index (χ0v) is 20.2. The number of nitrogens with one attached hydrogen (secondary N) is 1. The molecule has 0 unspecified atom stereocenters. The van der Waals surface area contributed by atoms with Crippen molar-refractivity contribution in [3.8, 4) is 34.1 Å². The molecule has 0 aliphatic rings. The lowest BCUT2D eigenvalue weighted by Gasteiger charge is -2.09. The van der Waals surface area contributed by atoms with Gasteiger partial charge in [0.05, 0.1) is 29.8 Å². The summed E-state index contributed by atoms with van der Waals surface area (Å²) in [5, 5.41) is 16.4. The molecule has 180 valence electrons. The van der Waals surface area contributed by atoms with Gasteiger partial charge in [-0.15, -0.1) is 10.2 Å². The average Bonchev–Trinajstić information content (AvgIpc) is 3.51. The van der Waals surface area contributed by atoms with Crippen LogP contribution in [0, 0.1) is 0 Å².